The minimum absolute atomic E-state index is 0.0182. The summed E-state index contributed by atoms with van der Waals surface area (Å²) in [6.45, 7) is 16.7. The number of nitrogens with zero attached hydrogens (tertiary/aromatic N) is 1. The molecule has 1 aliphatic carbocycles. The van der Waals surface area contributed by atoms with Crippen LogP contribution in [0, 0.1) is 5.92 Å². The Hall–Kier alpha value is -0.883. The highest BCUT2D eigenvalue weighted by atomic mass is 28.4. The molecule has 0 N–H and O–H groups in total. The van der Waals surface area contributed by atoms with Crippen molar-refractivity contribution >= 4 is 20.2 Å². The molecule has 1 saturated heterocycles. The van der Waals surface area contributed by atoms with Crippen LogP contribution in [0.3, 0.4) is 0 Å². The van der Waals surface area contributed by atoms with Crippen molar-refractivity contribution in [3.63, 3.8) is 0 Å². The van der Waals surface area contributed by atoms with E-state index in [0.29, 0.717) is 12.3 Å². The Balaban J connectivity index is 2.15. The molecule has 1 amide bonds. The van der Waals surface area contributed by atoms with Gasteiger partial charge in [-0.3, -0.25) is 9.69 Å². The Morgan fingerprint density at radius 2 is 1.72 bits per heavy atom. The van der Waals surface area contributed by atoms with E-state index in [2.05, 4.69) is 33.9 Å². The molecule has 0 radical (unpaired) electrons. The van der Waals surface area contributed by atoms with Crippen molar-refractivity contribution in [1.29, 1.82) is 0 Å². The lowest BCUT2D eigenvalue weighted by Gasteiger charge is -2.38. The molecular weight excluding hydrogens is 334 g/mol. The highest BCUT2D eigenvalue weighted by Crippen LogP contribution is 2.42. The molecule has 2 fully saturated rings. The van der Waals surface area contributed by atoms with Gasteiger partial charge >= 0.3 is 6.09 Å². The van der Waals surface area contributed by atoms with Gasteiger partial charge in [0.05, 0.1) is 6.61 Å². The van der Waals surface area contributed by atoms with Gasteiger partial charge in [0.25, 0.3) is 0 Å². The molecule has 1 heterocycles. The zero-order valence-corrected chi connectivity index (χ0v) is 18.1. The van der Waals surface area contributed by atoms with E-state index < -0.39 is 20.0 Å². The molecule has 1 aliphatic heterocycles. The topological polar surface area (TPSA) is 55.8 Å². The van der Waals surface area contributed by atoms with E-state index in [1.165, 1.54) is 0 Å². The summed E-state index contributed by atoms with van der Waals surface area (Å²) < 4.78 is 11.9. The number of carbonyl (C=O) groups is 2. The molecule has 5 nitrogen and oxygen atoms in total. The molecular formula is C19H35NO4Si. The van der Waals surface area contributed by atoms with Gasteiger partial charge in [0, 0.05) is 12.5 Å². The van der Waals surface area contributed by atoms with Gasteiger partial charge in [0.2, 0.25) is 0 Å². The summed E-state index contributed by atoms with van der Waals surface area (Å²) in [7, 11) is -1.98. The standard InChI is InChI=1S/C19H35NO4Si/c1-18(2,3)24-17(22)20-14(13-9-10-13)11-16(21)15(20)12-23-25(7,8)19(4,5)6/h13-15H,9-12H2,1-8H3. The summed E-state index contributed by atoms with van der Waals surface area (Å²) in [6, 6.07) is -0.523. The van der Waals surface area contributed by atoms with Crippen LogP contribution in [0.15, 0.2) is 0 Å². The maximum Gasteiger partial charge on any atom is 0.411 e. The SMILES string of the molecule is CC(C)(C)OC(=O)N1C(CO[Si](C)(C)C(C)(C)C)C(=O)CC1C1CC1. The van der Waals surface area contributed by atoms with Crippen molar-refractivity contribution in [2.45, 2.75) is 96.6 Å². The maximum atomic E-state index is 12.8. The smallest absolute Gasteiger partial charge is 0.411 e. The fourth-order valence-corrected chi connectivity index (χ4v) is 3.96. The minimum Gasteiger partial charge on any atom is -0.444 e. The highest BCUT2D eigenvalue weighted by molar-refractivity contribution is 6.74. The normalized spacial score (nSPS) is 25.4. The molecule has 2 unspecified atom stereocenters. The van der Waals surface area contributed by atoms with Crippen LogP contribution in [-0.4, -0.2) is 49.4 Å². The van der Waals surface area contributed by atoms with Crippen LogP contribution in [0.1, 0.15) is 60.8 Å². The van der Waals surface area contributed by atoms with E-state index in [-0.39, 0.29) is 29.6 Å². The average Bonchev–Trinajstić information content (AvgIpc) is 3.17. The molecule has 25 heavy (non-hydrogen) atoms. The molecule has 1 saturated carbocycles. The maximum absolute atomic E-state index is 12.8. The van der Waals surface area contributed by atoms with Crippen LogP contribution in [0.4, 0.5) is 4.79 Å². The second kappa shape index (κ2) is 6.69. The number of ether oxygens (including phenoxy) is 1. The Labute approximate surface area is 153 Å². The van der Waals surface area contributed by atoms with E-state index in [1.807, 2.05) is 20.8 Å². The summed E-state index contributed by atoms with van der Waals surface area (Å²) in [6.07, 6.45) is 2.24. The van der Waals surface area contributed by atoms with Crippen molar-refractivity contribution in [2.75, 3.05) is 6.61 Å². The monoisotopic (exact) mass is 369 g/mol. The van der Waals surface area contributed by atoms with E-state index >= 15 is 0 Å². The molecule has 2 atom stereocenters. The van der Waals surface area contributed by atoms with Crippen LogP contribution in [0.25, 0.3) is 0 Å². The molecule has 0 aromatic heterocycles. The zero-order chi connectivity index (χ0) is 19.2. The zero-order valence-electron chi connectivity index (χ0n) is 17.1. The number of amides is 1. The first-order chi connectivity index (χ1) is 11.2. The predicted molar refractivity (Wildman–Crippen MR) is 101 cm³/mol. The minimum atomic E-state index is -1.98. The van der Waals surface area contributed by atoms with Gasteiger partial charge in [0.15, 0.2) is 14.1 Å². The number of hydrogen-bond acceptors (Lipinski definition) is 4. The number of likely N-dealkylation sites (tertiary alicyclic amines) is 1. The number of rotatable bonds is 4. The summed E-state index contributed by atoms with van der Waals surface area (Å²) in [5.74, 6) is 0.552. The number of ketones is 1. The molecule has 6 heteroatoms. The highest BCUT2D eigenvalue weighted by Gasteiger charge is 2.51. The van der Waals surface area contributed by atoms with Gasteiger partial charge in [0.1, 0.15) is 11.6 Å². The lowest BCUT2D eigenvalue weighted by molar-refractivity contribution is -0.120. The molecule has 0 aromatic rings. The molecule has 2 rings (SSSR count). The van der Waals surface area contributed by atoms with Crippen LogP contribution in [0.5, 0.6) is 0 Å². The molecule has 0 spiro atoms. The third kappa shape index (κ3) is 4.85. The predicted octanol–water partition coefficient (Wildman–Crippen LogP) is 4.37. The van der Waals surface area contributed by atoms with E-state index in [1.54, 1.807) is 4.90 Å². The number of carbonyl (C=O) groups excluding carboxylic acids is 2. The third-order valence-electron chi connectivity index (χ3n) is 5.65. The van der Waals surface area contributed by atoms with Gasteiger partial charge in [-0.1, -0.05) is 20.8 Å². The van der Waals surface area contributed by atoms with Crippen LogP contribution in [0.2, 0.25) is 18.1 Å². The number of hydrogen-bond donors (Lipinski definition) is 0. The fourth-order valence-electron chi connectivity index (χ4n) is 2.96. The van der Waals surface area contributed by atoms with Crippen molar-refractivity contribution in [3.8, 4) is 0 Å². The van der Waals surface area contributed by atoms with Crippen molar-refractivity contribution in [3.05, 3.63) is 0 Å². The Morgan fingerprint density at radius 3 is 2.16 bits per heavy atom. The second-order valence-electron chi connectivity index (χ2n) is 10.0. The van der Waals surface area contributed by atoms with E-state index in [0.717, 1.165) is 12.8 Å². The first kappa shape index (κ1) is 20.4. The summed E-state index contributed by atoms with van der Waals surface area (Å²) >= 11 is 0. The lowest BCUT2D eigenvalue weighted by Crippen LogP contribution is -2.50. The largest absolute Gasteiger partial charge is 0.444 e. The fraction of sp³-hybridized carbons (Fsp3) is 0.895. The van der Waals surface area contributed by atoms with Crippen LogP contribution < -0.4 is 0 Å². The Kier molecular flexibility index (Phi) is 5.47. The Bertz CT molecular complexity index is 529. The van der Waals surface area contributed by atoms with Crippen molar-refractivity contribution in [1.82, 2.24) is 4.90 Å². The van der Waals surface area contributed by atoms with E-state index in [4.69, 9.17) is 9.16 Å². The second-order valence-corrected chi connectivity index (χ2v) is 14.9. The van der Waals surface area contributed by atoms with Crippen molar-refractivity contribution < 1.29 is 18.8 Å². The molecule has 0 aromatic carbocycles. The van der Waals surface area contributed by atoms with E-state index in [9.17, 15) is 9.59 Å². The lowest BCUT2D eigenvalue weighted by atomic mass is 10.1. The van der Waals surface area contributed by atoms with Gasteiger partial charge in [-0.15, -0.1) is 0 Å². The molecule has 144 valence electrons. The first-order valence-corrected chi connectivity index (χ1v) is 12.3. The average molecular weight is 370 g/mol. The van der Waals surface area contributed by atoms with Gasteiger partial charge in [-0.05, 0) is 57.7 Å². The number of Topliss-reactive ketones (excluding diaryl/α,β-unsaturated/α-hetero) is 1. The first-order valence-electron chi connectivity index (χ1n) is 9.41. The molecule has 2 aliphatic rings. The third-order valence-corrected chi connectivity index (χ3v) is 10.2. The molecule has 0 bridgehead atoms. The quantitative estimate of drug-likeness (QED) is 0.691. The van der Waals surface area contributed by atoms with Gasteiger partial charge < -0.3 is 9.16 Å². The van der Waals surface area contributed by atoms with Crippen LogP contribution in [-0.2, 0) is 14.0 Å². The van der Waals surface area contributed by atoms with Gasteiger partial charge in [-0.25, -0.2) is 4.79 Å². The van der Waals surface area contributed by atoms with Gasteiger partial charge in [-0.2, -0.15) is 0 Å². The van der Waals surface area contributed by atoms with Crippen LogP contribution >= 0.6 is 0 Å². The van der Waals surface area contributed by atoms with Crippen molar-refractivity contribution in [2.24, 2.45) is 5.92 Å². The Morgan fingerprint density at radius 1 is 1.16 bits per heavy atom. The summed E-state index contributed by atoms with van der Waals surface area (Å²) in [5.41, 5.74) is -0.568. The summed E-state index contributed by atoms with van der Waals surface area (Å²) in [5, 5.41) is 0.0707. The summed E-state index contributed by atoms with van der Waals surface area (Å²) in [4.78, 5) is 27.1.